The summed E-state index contributed by atoms with van der Waals surface area (Å²) in [6, 6.07) is 13.3. The summed E-state index contributed by atoms with van der Waals surface area (Å²) >= 11 is 4.91. The molecule has 0 spiro atoms. The van der Waals surface area contributed by atoms with Crippen LogP contribution in [0.2, 0.25) is 0 Å². The zero-order valence-electron chi connectivity index (χ0n) is 25.6. The van der Waals surface area contributed by atoms with Crippen molar-refractivity contribution in [1.82, 2.24) is 9.13 Å². The third-order valence-corrected chi connectivity index (χ3v) is 9.27. The molecule has 224 valence electrons. The Bertz CT molecular complexity index is 1930. The second-order valence-electron chi connectivity index (χ2n) is 10.7. The van der Waals surface area contributed by atoms with Crippen molar-refractivity contribution in [2.75, 3.05) is 13.7 Å². The quantitative estimate of drug-likeness (QED) is 0.206. The SMILES string of the molecule is CCCC1=C(C(=O)OCC)[C@@H](c2cc(Br)ccc2OC)n2c(s/c(=C/c3cc(C)n(-c4c(C)cccc4C)c3C)c2=O)=N1. The molecular formula is C34H36BrN3O4S. The highest BCUT2D eigenvalue weighted by Gasteiger charge is 2.36. The fourth-order valence-corrected chi connectivity index (χ4v) is 7.30. The van der Waals surface area contributed by atoms with Crippen LogP contribution in [0.15, 0.2) is 68.0 Å². The first-order chi connectivity index (χ1) is 20.6. The molecule has 0 bridgehead atoms. The zero-order valence-corrected chi connectivity index (χ0v) is 28.0. The summed E-state index contributed by atoms with van der Waals surface area (Å²) in [5.74, 6) is 0.0904. The van der Waals surface area contributed by atoms with Crippen LogP contribution in [0, 0.1) is 27.7 Å². The lowest BCUT2D eigenvalue weighted by Gasteiger charge is -2.27. The van der Waals surface area contributed by atoms with Crippen molar-refractivity contribution in [3.8, 4) is 11.4 Å². The normalized spacial score (nSPS) is 15.0. The van der Waals surface area contributed by atoms with Crippen molar-refractivity contribution in [2.24, 2.45) is 4.99 Å². The number of carbonyl (C=O) groups excluding carboxylic acids is 1. The molecule has 0 saturated heterocycles. The first kappa shape index (κ1) is 30.8. The summed E-state index contributed by atoms with van der Waals surface area (Å²) in [6.07, 6.45) is 3.30. The van der Waals surface area contributed by atoms with Gasteiger partial charge in [-0.25, -0.2) is 9.79 Å². The Morgan fingerprint density at radius 1 is 1.09 bits per heavy atom. The first-order valence-corrected chi connectivity index (χ1v) is 16.0. The van der Waals surface area contributed by atoms with Gasteiger partial charge in [-0.2, -0.15) is 0 Å². The molecule has 1 atom stereocenters. The third-order valence-electron chi connectivity index (χ3n) is 7.80. The van der Waals surface area contributed by atoms with Crippen LogP contribution in [0.1, 0.15) is 66.4 Å². The van der Waals surface area contributed by atoms with E-state index >= 15 is 0 Å². The molecule has 0 N–H and O–H groups in total. The number of hydrogen-bond acceptors (Lipinski definition) is 6. The van der Waals surface area contributed by atoms with Gasteiger partial charge in [0.25, 0.3) is 5.56 Å². The van der Waals surface area contributed by atoms with Gasteiger partial charge in [-0.1, -0.05) is 58.8 Å². The Hall–Kier alpha value is -3.69. The fourth-order valence-electron chi connectivity index (χ4n) is 5.91. The van der Waals surface area contributed by atoms with Gasteiger partial charge in [0.1, 0.15) is 11.8 Å². The predicted octanol–water partition coefficient (Wildman–Crippen LogP) is 6.37. The molecule has 9 heteroatoms. The van der Waals surface area contributed by atoms with Crippen LogP contribution in [-0.2, 0) is 9.53 Å². The standard InChI is InChI=1S/C34H36BrN3O4S/c1-8-11-26-29(33(40)42-9-2)31(25-18-24(35)14-15-27(25)41-7)38-32(39)28(43-34(38)36-26)17-23-16-21(5)37(22(23)6)30-19(3)12-10-13-20(30)4/h10,12-18,31H,8-9,11H2,1-7H3/b28-17+/t31-/m1/s1. The summed E-state index contributed by atoms with van der Waals surface area (Å²) < 4.78 is 16.5. The molecule has 1 aliphatic heterocycles. The molecule has 0 saturated carbocycles. The summed E-state index contributed by atoms with van der Waals surface area (Å²) in [5.41, 5.74) is 8.08. The van der Waals surface area contributed by atoms with Gasteiger partial charge >= 0.3 is 5.97 Å². The van der Waals surface area contributed by atoms with Gasteiger partial charge in [0.2, 0.25) is 0 Å². The molecule has 1 aliphatic rings. The van der Waals surface area contributed by atoms with Gasteiger partial charge in [0, 0.05) is 21.4 Å². The number of nitrogens with zero attached hydrogens (tertiary/aromatic N) is 3. The maximum atomic E-state index is 14.3. The lowest BCUT2D eigenvalue weighted by atomic mass is 9.93. The van der Waals surface area contributed by atoms with E-state index in [2.05, 4.69) is 72.5 Å². The number of methoxy groups -OCH3 is 1. The van der Waals surface area contributed by atoms with Crippen molar-refractivity contribution in [2.45, 2.75) is 60.4 Å². The Balaban J connectivity index is 1.78. The minimum atomic E-state index is -0.756. The number of esters is 1. The van der Waals surface area contributed by atoms with Gasteiger partial charge in [0.15, 0.2) is 4.80 Å². The molecule has 5 rings (SSSR count). The van der Waals surface area contributed by atoms with Crippen LogP contribution in [-0.4, -0.2) is 28.8 Å². The number of ether oxygens (including phenoxy) is 2. The van der Waals surface area contributed by atoms with E-state index in [0.29, 0.717) is 38.3 Å². The number of halogens is 1. The number of rotatable bonds is 8. The lowest BCUT2D eigenvalue weighted by Crippen LogP contribution is -2.40. The van der Waals surface area contributed by atoms with Crippen LogP contribution >= 0.6 is 27.3 Å². The van der Waals surface area contributed by atoms with Crippen molar-refractivity contribution >= 4 is 39.3 Å². The molecule has 7 nitrogen and oxygen atoms in total. The van der Waals surface area contributed by atoms with Crippen molar-refractivity contribution in [3.05, 3.63) is 112 Å². The zero-order chi connectivity index (χ0) is 31.0. The van der Waals surface area contributed by atoms with Crippen LogP contribution in [0.25, 0.3) is 11.8 Å². The van der Waals surface area contributed by atoms with E-state index in [1.165, 1.54) is 22.5 Å². The molecule has 0 aliphatic carbocycles. The van der Waals surface area contributed by atoms with Crippen molar-refractivity contribution < 1.29 is 14.3 Å². The Labute approximate surface area is 263 Å². The molecule has 2 aromatic carbocycles. The number of para-hydroxylation sites is 1. The maximum Gasteiger partial charge on any atom is 0.338 e. The van der Waals surface area contributed by atoms with Crippen molar-refractivity contribution in [1.29, 1.82) is 0 Å². The van der Waals surface area contributed by atoms with E-state index in [1.54, 1.807) is 18.6 Å². The monoisotopic (exact) mass is 661 g/mol. The maximum absolute atomic E-state index is 14.3. The van der Waals surface area contributed by atoms with Crippen LogP contribution < -0.4 is 19.6 Å². The Morgan fingerprint density at radius 2 is 1.81 bits per heavy atom. The van der Waals surface area contributed by atoms with Gasteiger partial charge in [-0.15, -0.1) is 0 Å². The number of thiazole rings is 1. The number of allylic oxidation sites excluding steroid dienone is 1. The molecular weight excluding hydrogens is 626 g/mol. The highest BCUT2D eigenvalue weighted by Crippen LogP contribution is 2.38. The summed E-state index contributed by atoms with van der Waals surface area (Å²) in [5, 5.41) is 0. The van der Waals surface area contributed by atoms with Crippen molar-refractivity contribution in [3.63, 3.8) is 0 Å². The largest absolute Gasteiger partial charge is 0.496 e. The van der Waals surface area contributed by atoms with Gasteiger partial charge in [-0.05, 0) is 88.1 Å². The highest BCUT2D eigenvalue weighted by molar-refractivity contribution is 9.10. The number of aryl methyl sites for hydroxylation is 3. The van der Waals surface area contributed by atoms with Gasteiger partial charge in [0.05, 0.1) is 35.2 Å². The van der Waals surface area contributed by atoms with E-state index in [9.17, 15) is 9.59 Å². The number of fused-ring (bicyclic) bond motifs is 1. The highest BCUT2D eigenvalue weighted by atomic mass is 79.9. The van der Waals surface area contributed by atoms with Crippen LogP contribution in [0.5, 0.6) is 5.75 Å². The van der Waals surface area contributed by atoms with E-state index < -0.39 is 12.0 Å². The molecule has 3 heterocycles. The number of carbonyl (C=O) groups is 1. The number of hydrogen-bond donors (Lipinski definition) is 0. The minimum absolute atomic E-state index is 0.213. The summed E-state index contributed by atoms with van der Waals surface area (Å²) in [7, 11) is 1.59. The molecule has 43 heavy (non-hydrogen) atoms. The van der Waals surface area contributed by atoms with E-state index in [4.69, 9.17) is 14.5 Å². The molecule has 0 unspecified atom stereocenters. The molecule has 0 radical (unpaired) electrons. The van der Waals surface area contributed by atoms with Gasteiger partial charge in [-0.3, -0.25) is 9.36 Å². The summed E-state index contributed by atoms with van der Waals surface area (Å²) in [6.45, 7) is 12.4. The molecule has 0 fully saturated rings. The first-order valence-electron chi connectivity index (χ1n) is 14.4. The van der Waals surface area contributed by atoms with Crippen LogP contribution in [0.3, 0.4) is 0 Å². The Morgan fingerprint density at radius 3 is 2.47 bits per heavy atom. The van der Waals surface area contributed by atoms with E-state index in [0.717, 1.165) is 33.5 Å². The van der Waals surface area contributed by atoms with Crippen LogP contribution in [0.4, 0.5) is 0 Å². The van der Waals surface area contributed by atoms with E-state index in [1.807, 2.05) is 31.2 Å². The second-order valence-corrected chi connectivity index (χ2v) is 12.6. The number of benzene rings is 2. The number of aromatic nitrogens is 2. The smallest absolute Gasteiger partial charge is 0.338 e. The Kier molecular flexibility index (Phi) is 8.94. The molecule has 2 aromatic heterocycles. The molecule has 4 aromatic rings. The van der Waals surface area contributed by atoms with E-state index in [-0.39, 0.29) is 12.2 Å². The third kappa shape index (κ3) is 5.56. The average molecular weight is 663 g/mol. The van der Waals surface area contributed by atoms with Gasteiger partial charge < -0.3 is 14.0 Å². The summed E-state index contributed by atoms with van der Waals surface area (Å²) in [4.78, 5) is 33.3. The fraction of sp³-hybridized carbons (Fsp3) is 0.324. The average Bonchev–Trinajstić information content (AvgIpc) is 3.42. The minimum Gasteiger partial charge on any atom is -0.496 e. The predicted molar refractivity (Wildman–Crippen MR) is 175 cm³/mol. The lowest BCUT2D eigenvalue weighted by molar-refractivity contribution is -0.139. The second kappa shape index (κ2) is 12.5. The topological polar surface area (TPSA) is 74.8 Å². The molecule has 0 amide bonds.